The maximum absolute atomic E-state index is 13.0. The minimum Gasteiger partial charge on any atom is -0.399 e. The highest BCUT2D eigenvalue weighted by atomic mass is 16.5. The van der Waals surface area contributed by atoms with Gasteiger partial charge in [-0.25, -0.2) is 0 Å². The third-order valence-corrected chi connectivity index (χ3v) is 5.47. The summed E-state index contributed by atoms with van der Waals surface area (Å²) >= 11 is 0. The molecule has 4 nitrogen and oxygen atoms in total. The predicted molar refractivity (Wildman–Crippen MR) is 122 cm³/mol. The fourth-order valence-electron chi connectivity index (χ4n) is 3.65. The van der Waals surface area contributed by atoms with E-state index in [2.05, 4.69) is 36.4 Å². The van der Waals surface area contributed by atoms with Crippen LogP contribution in [-0.2, 0) is 9.53 Å². The van der Waals surface area contributed by atoms with Crippen molar-refractivity contribution in [1.29, 1.82) is 0 Å². The van der Waals surface area contributed by atoms with E-state index in [0.29, 0.717) is 26.3 Å². The second-order valence-electron chi connectivity index (χ2n) is 7.51. The molecular formula is C26H26N2O2. The first-order valence-electron chi connectivity index (χ1n) is 10.2. The van der Waals surface area contributed by atoms with Crippen molar-refractivity contribution in [3.8, 4) is 11.1 Å². The molecule has 1 aliphatic rings. The second kappa shape index (κ2) is 8.97. The zero-order chi connectivity index (χ0) is 20.9. The monoisotopic (exact) mass is 398 g/mol. The molecule has 0 radical (unpaired) electrons. The van der Waals surface area contributed by atoms with Crippen LogP contribution in [0.2, 0.25) is 0 Å². The predicted octanol–water partition coefficient (Wildman–Crippen LogP) is 4.53. The Balaban J connectivity index is 1.72. The van der Waals surface area contributed by atoms with E-state index in [1.807, 2.05) is 48.2 Å². The molecule has 1 fully saturated rings. The first kappa shape index (κ1) is 19.9. The lowest BCUT2D eigenvalue weighted by atomic mass is 9.94. The summed E-state index contributed by atoms with van der Waals surface area (Å²) in [6.45, 7) is 4.40. The molecule has 3 aromatic carbocycles. The van der Waals surface area contributed by atoms with Gasteiger partial charge in [0.05, 0.1) is 13.2 Å². The molecule has 30 heavy (non-hydrogen) atoms. The summed E-state index contributed by atoms with van der Waals surface area (Å²) in [5.74, 6) is 0.00918. The highest BCUT2D eigenvalue weighted by Crippen LogP contribution is 2.29. The van der Waals surface area contributed by atoms with E-state index >= 15 is 0 Å². The van der Waals surface area contributed by atoms with E-state index in [9.17, 15) is 4.79 Å². The number of rotatable bonds is 4. The Kier molecular flexibility index (Phi) is 5.96. The van der Waals surface area contributed by atoms with Gasteiger partial charge in [0.2, 0.25) is 5.91 Å². The molecule has 0 atom stereocenters. The van der Waals surface area contributed by atoms with Gasteiger partial charge in [0.25, 0.3) is 0 Å². The molecule has 152 valence electrons. The molecule has 3 aromatic rings. The van der Waals surface area contributed by atoms with E-state index < -0.39 is 0 Å². The number of carbonyl (C=O) groups excluding carboxylic acids is 1. The third kappa shape index (κ3) is 4.44. The first-order valence-corrected chi connectivity index (χ1v) is 10.2. The van der Waals surface area contributed by atoms with Crippen LogP contribution in [0, 0.1) is 6.92 Å². The largest absolute Gasteiger partial charge is 0.399 e. The fraction of sp³-hybridized carbons (Fsp3) is 0.192. The van der Waals surface area contributed by atoms with E-state index in [4.69, 9.17) is 10.5 Å². The van der Waals surface area contributed by atoms with Crippen molar-refractivity contribution in [3.63, 3.8) is 0 Å². The molecule has 1 aliphatic heterocycles. The average molecular weight is 399 g/mol. The Morgan fingerprint density at radius 2 is 1.53 bits per heavy atom. The van der Waals surface area contributed by atoms with Crippen LogP contribution in [0.15, 0.2) is 78.9 Å². The van der Waals surface area contributed by atoms with E-state index in [1.54, 1.807) is 6.08 Å². The smallest absolute Gasteiger partial charge is 0.247 e. The summed E-state index contributed by atoms with van der Waals surface area (Å²) in [5, 5.41) is 0. The normalized spacial score (nSPS) is 14.6. The number of benzene rings is 3. The number of nitrogen functional groups attached to an aromatic ring is 1. The number of nitrogens with two attached hydrogens (primary N) is 1. The zero-order valence-electron chi connectivity index (χ0n) is 17.2. The Bertz CT molecular complexity index is 1050. The molecule has 0 aliphatic carbocycles. The summed E-state index contributed by atoms with van der Waals surface area (Å²) in [6, 6.07) is 24.5. The summed E-state index contributed by atoms with van der Waals surface area (Å²) in [4.78, 5) is 14.8. The van der Waals surface area contributed by atoms with E-state index in [-0.39, 0.29) is 5.91 Å². The standard InChI is InChI=1S/C26H26N2O2/c1-19-17-23(11-12-25(19)27)24(18-26(29)28-13-15-30-16-14-28)22-9-7-21(8-10-22)20-5-3-2-4-6-20/h2-12,17-18H,13-16,27H2,1H3. The quantitative estimate of drug-likeness (QED) is 0.519. The van der Waals surface area contributed by atoms with Crippen LogP contribution in [0.1, 0.15) is 16.7 Å². The second-order valence-corrected chi connectivity index (χ2v) is 7.51. The number of carbonyl (C=O) groups is 1. The summed E-state index contributed by atoms with van der Waals surface area (Å²) in [5.41, 5.74) is 13.0. The van der Waals surface area contributed by atoms with Gasteiger partial charge in [-0.15, -0.1) is 0 Å². The lowest BCUT2D eigenvalue weighted by Gasteiger charge is -2.26. The van der Waals surface area contributed by atoms with Gasteiger partial charge in [-0.3, -0.25) is 4.79 Å². The molecule has 4 heteroatoms. The van der Waals surface area contributed by atoms with Crippen LogP contribution in [0.4, 0.5) is 5.69 Å². The van der Waals surface area contributed by atoms with E-state index in [1.165, 1.54) is 5.56 Å². The number of anilines is 1. The van der Waals surface area contributed by atoms with Crippen LogP contribution < -0.4 is 5.73 Å². The van der Waals surface area contributed by atoms with Gasteiger partial charge in [0.15, 0.2) is 0 Å². The average Bonchev–Trinajstić information content (AvgIpc) is 2.80. The topological polar surface area (TPSA) is 55.6 Å². The van der Waals surface area contributed by atoms with E-state index in [0.717, 1.165) is 33.5 Å². The lowest BCUT2D eigenvalue weighted by Crippen LogP contribution is -2.39. The number of ether oxygens (including phenoxy) is 1. The molecule has 2 N–H and O–H groups in total. The number of nitrogens with zero attached hydrogens (tertiary/aromatic N) is 1. The molecule has 0 bridgehead atoms. The third-order valence-electron chi connectivity index (χ3n) is 5.47. The Hall–Kier alpha value is -3.37. The van der Waals surface area contributed by atoms with Crippen molar-refractivity contribution >= 4 is 17.2 Å². The Morgan fingerprint density at radius 1 is 0.900 bits per heavy atom. The highest BCUT2D eigenvalue weighted by Gasteiger charge is 2.17. The highest BCUT2D eigenvalue weighted by molar-refractivity contribution is 5.99. The molecule has 1 saturated heterocycles. The maximum atomic E-state index is 13.0. The SMILES string of the molecule is Cc1cc(C(=CC(=O)N2CCOCC2)c2ccc(-c3ccccc3)cc2)ccc1N. The zero-order valence-corrected chi connectivity index (χ0v) is 17.2. The van der Waals surface area contributed by atoms with Crippen molar-refractivity contribution in [1.82, 2.24) is 4.90 Å². The summed E-state index contributed by atoms with van der Waals surface area (Å²) in [6.07, 6.45) is 1.74. The van der Waals surface area contributed by atoms with Crippen LogP contribution in [0.3, 0.4) is 0 Å². The number of amides is 1. The minimum absolute atomic E-state index is 0.00918. The molecule has 1 amide bonds. The molecule has 0 unspecified atom stereocenters. The molecule has 0 spiro atoms. The van der Waals surface area contributed by atoms with Crippen molar-refractivity contribution < 1.29 is 9.53 Å². The van der Waals surface area contributed by atoms with Crippen molar-refractivity contribution in [2.24, 2.45) is 0 Å². The summed E-state index contributed by atoms with van der Waals surface area (Å²) in [7, 11) is 0. The molecule has 0 saturated carbocycles. The number of hydrogen-bond acceptors (Lipinski definition) is 3. The van der Waals surface area contributed by atoms with Crippen molar-refractivity contribution in [2.75, 3.05) is 32.0 Å². The maximum Gasteiger partial charge on any atom is 0.247 e. The van der Waals surface area contributed by atoms with Gasteiger partial charge in [0.1, 0.15) is 0 Å². The molecule has 4 rings (SSSR count). The molecular weight excluding hydrogens is 372 g/mol. The van der Waals surface area contributed by atoms with Gasteiger partial charge in [-0.05, 0) is 52.4 Å². The van der Waals surface area contributed by atoms with Crippen molar-refractivity contribution in [2.45, 2.75) is 6.92 Å². The van der Waals surface area contributed by atoms with Crippen LogP contribution in [-0.4, -0.2) is 37.1 Å². The molecule has 1 heterocycles. The summed E-state index contributed by atoms with van der Waals surface area (Å²) < 4.78 is 5.38. The number of morpholine rings is 1. The minimum atomic E-state index is 0.00918. The Morgan fingerprint density at radius 3 is 2.20 bits per heavy atom. The number of hydrogen-bond donors (Lipinski definition) is 1. The number of aryl methyl sites for hydroxylation is 1. The molecule has 0 aromatic heterocycles. The van der Waals surface area contributed by atoms with Gasteiger partial charge in [-0.2, -0.15) is 0 Å². The van der Waals surface area contributed by atoms with Crippen LogP contribution in [0.5, 0.6) is 0 Å². The van der Waals surface area contributed by atoms with Gasteiger partial charge in [0, 0.05) is 24.9 Å². The van der Waals surface area contributed by atoms with Crippen LogP contribution >= 0.6 is 0 Å². The van der Waals surface area contributed by atoms with Crippen LogP contribution in [0.25, 0.3) is 16.7 Å². The Labute approximate surface area is 177 Å². The fourth-order valence-corrected chi connectivity index (χ4v) is 3.65. The van der Waals surface area contributed by atoms with Gasteiger partial charge in [-0.1, -0.05) is 60.7 Å². The lowest BCUT2D eigenvalue weighted by molar-refractivity contribution is -0.129. The van der Waals surface area contributed by atoms with Gasteiger partial charge < -0.3 is 15.4 Å². The van der Waals surface area contributed by atoms with Crippen molar-refractivity contribution in [3.05, 3.63) is 95.6 Å². The first-order chi connectivity index (χ1) is 14.6. The van der Waals surface area contributed by atoms with Gasteiger partial charge >= 0.3 is 0 Å².